The largest absolute Gasteiger partial charge is 0.434 e. The molecule has 1 aliphatic heterocycles. The minimum Gasteiger partial charge on any atom is -0.434 e. The number of nitrogens with one attached hydrogen (secondary N) is 1. The van der Waals surface area contributed by atoms with Gasteiger partial charge in [0.25, 0.3) is 17.1 Å². The van der Waals surface area contributed by atoms with Gasteiger partial charge in [0.2, 0.25) is 0 Å². The van der Waals surface area contributed by atoms with Gasteiger partial charge in [-0.2, -0.15) is 0 Å². The Bertz CT molecular complexity index is 395. The molecule has 6 heteroatoms. The van der Waals surface area contributed by atoms with Crippen molar-refractivity contribution in [2.75, 3.05) is 0 Å². The van der Waals surface area contributed by atoms with E-state index in [1.165, 1.54) is 12.5 Å². The van der Waals surface area contributed by atoms with E-state index >= 15 is 0 Å². The Labute approximate surface area is 83.1 Å². The topological polar surface area (TPSA) is 68.5 Å². The number of thioether (sulfide) groups is 1. The third-order valence-electron chi connectivity index (χ3n) is 1.42. The van der Waals surface area contributed by atoms with Gasteiger partial charge < -0.3 is 9.15 Å². The van der Waals surface area contributed by atoms with Crippen LogP contribution >= 0.6 is 11.8 Å². The fourth-order valence-corrected chi connectivity index (χ4v) is 1.43. The van der Waals surface area contributed by atoms with Crippen LogP contribution in [-0.4, -0.2) is 11.1 Å². The summed E-state index contributed by atoms with van der Waals surface area (Å²) in [5.41, 5.74) is 0. The Balaban J connectivity index is 2.05. The van der Waals surface area contributed by atoms with Gasteiger partial charge >= 0.3 is 0 Å². The first-order valence-electron chi connectivity index (χ1n) is 3.69. The molecule has 1 fully saturated rings. The van der Waals surface area contributed by atoms with Crippen molar-refractivity contribution in [3.05, 3.63) is 29.6 Å². The number of carbonyl (C=O) groups is 2. The number of hydrogen-bond acceptors (Lipinski definition) is 5. The van der Waals surface area contributed by atoms with Crippen LogP contribution in [0.25, 0.3) is 0 Å². The van der Waals surface area contributed by atoms with Gasteiger partial charge in [0.05, 0.1) is 6.26 Å². The van der Waals surface area contributed by atoms with Crippen LogP contribution in [0.2, 0.25) is 0 Å². The number of carbonyl (C=O) groups excluding carboxylic acids is 2. The van der Waals surface area contributed by atoms with Gasteiger partial charge in [0, 0.05) is 6.07 Å². The summed E-state index contributed by atoms with van der Waals surface area (Å²) < 4.78 is 9.85. The summed E-state index contributed by atoms with van der Waals surface area (Å²) in [4.78, 5) is 22.0. The Kier molecular flexibility index (Phi) is 2.28. The van der Waals surface area contributed by atoms with Crippen LogP contribution in [0, 0.1) is 0 Å². The van der Waals surface area contributed by atoms with Crippen LogP contribution in [0.3, 0.4) is 0 Å². The second-order valence-electron chi connectivity index (χ2n) is 2.38. The summed E-state index contributed by atoms with van der Waals surface area (Å²) in [6.45, 7) is 0. The van der Waals surface area contributed by atoms with Gasteiger partial charge in [-0.15, -0.1) is 0 Å². The maximum Gasteiger partial charge on any atom is 0.291 e. The maximum absolute atomic E-state index is 11.0. The third-order valence-corrected chi connectivity index (χ3v) is 2.21. The van der Waals surface area contributed by atoms with Crippen molar-refractivity contribution in [1.82, 2.24) is 5.32 Å². The predicted molar refractivity (Wildman–Crippen MR) is 48.5 cm³/mol. The highest BCUT2D eigenvalue weighted by Crippen LogP contribution is 2.23. The molecule has 2 rings (SSSR count). The molecule has 0 radical (unpaired) electrons. The van der Waals surface area contributed by atoms with Crippen LogP contribution in [0.4, 0.5) is 4.79 Å². The first-order valence-corrected chi connectivity index (χ1v) is 4.51. The van der Waals surface area contributed by atoms with E-state index < -0.39 is 11.1 Å². The smallest absolute Gasteiger partial charge is 0.291 e. The zero-order valence-corrected chi connectivity index (χ0v) is 7.67. The molecule has 0 bridgehead atoms. The van der Waals surface area contributed by atoms with Crippen molar-refractivity contribution in [2.24, 2.45) is 0 Å². The van der Waals surface area contributed by atoms with Crippen molar-refractivity contribution in [3.63, 3.8) is 0 Å². The molecule has 1 N–H and O–H groups in total. The molecule has 1 aromatic heterocycles. The fourth-order valence-electron chi connectivity index (χ4n) is 0.846. The quantitative estimate of drug-likeness (QED) is 0.592. The number of rotatable bonds is 2. The van der Waals surface area contributed by atoms with Gasteiger partial charge in [-0.3, -0.25) is 14.9 Å². The number of hydrogen-bond donors (Lipinski definition) is 1. The van der Waals surface area contributed by atoms with E-state index in [4.69, 9.17) is 9.15 Å². The summed E-state index contributed by atoms with van der Waals surface area (Å²) in [7, 11) is 0. The number of furan rings is 1. The van der Waals surface area contributed by atoms with Crippen molar-refractivity contribution in [2.45, 2.75) is 0 Å². The second kappa shape index (κ2) is 3.59. The van der Waals surface area contributed by atoms with Crippen LogP contribution in [0.1, 0.15) is 0 Å². The lowest BCUT2D eigenvalue weighted by Crippen LogP contribution is -2.18. The summed E-state index contributed by atoms with van der Waals surface area (Å²) >= 11 is 0.790. The molecule has 0 aromatic carbocycles. The van der Waals surface area contributed by atoms with Crippen LogP contribution < -0.4 is 10.1 Å². The Morgan fingerprint density at radius 3 is 2.93 bits per heavy atom. The third kappa shape index (κ3) is 1.80. The number of imide groups is 1. The van der Waals surface area contributed by atoms with Gasteiger partial charge in [-0.05, 0) is 17.8 Å². The number of amides is 2. The monoisotopic (exact) mass is 211 g/mol. The molecule has 0 unspecified atom stereocenters. The SMILES string of the molecule is O=C1NC(=O)C(=COc2ccco2)S1. The molecule has 0 spiro atoms. The standard InChI is InChI=1S/C8H5NO4S/c10-7-5(14-8(11)9-7)4-13-6-2-1-3-12-6/h1-4H,(H,9,10,11). The zero-order chi connectivity index (χ0) is 9.97. The van der Waals surface area contributed by atoms with Gasteiger partial charge in [-0.25, -0.2) is 0 Å². The van der Waals surface area contributed by atoms with Gasteiger partial charge in [-0.1, -0.05) is 0 Å². The molecule has 1 saturated heterocycles. The van der Waals surface area contributed by atoms with Crippen LogP contribution in [-0.2, 0) is 4.79 Å². The Morgan fingerprint density at radius 2 is 2.36 bits per heavy atom. The van der Waals surface area contributed by atoms with Crippen molar-refractivity contribution in [3.8, 4) is 5.95 Å². The molecule has 14 heavy (non-hydrogen) atoms. The molecular weight excluding hydrogens is 206 g/mol. The molecular formula is C8H5NO4S. The summed E-state index contributed by atoms with van der Waals surface area (Å²) in [5.74, 6) is -0.184. The molecule has 2 heterocycles. The maximum atomic E-state index is 11.0. The van der Waals surface area contributed by atoms with E-state index in [0.29, 0.717) is 0 Å². The first-order chi connectivity index (χ1) is 6.75. The lowest BCUT2D eigenvalue weighted by Gasteiger charge is -1.93. The molecule has 0 atom stereocenters. The van der Waals surface area contributed by atoms with Crippen LogP contribution in [0.5, 0.6) is 5.95 Å². The predicted octanol–water partition coefficient (Wildman–Crippen LogP) is 1.48. The molecule has 1 aromatic rings. The lowest BCUT2D eigenvalue weighted by atomic mass is 10.6. The molecule has 5 nitrogen and oxygen atoms in total. The highest BCUT2D eigenvalue weighted by molar-refractivity contribution is 8.18. The average Bonchev–Trinajstić information content (AvgIpc) is 2.72. The number of ether oxygens (including phenoxy) is 1. The second-order valence-corrected chi connectivity index (χ2v) is 3.39. The summed E-state index contributed by atoms with van der Waals surface area (Å²) in [5, 5.41) is 1.70. The van der Waals surface area contributed by atoms with Gasteiger partial charge in [0.1, 0.15) is 11.2 Å². The Morgan fingerprint density at radius 1 is 1.50 bits per heavy atom. The summed E-state index contributed by atoms with van der Waals surface area (Å²) in [6.07, 6.45) is 2.63. The summed E-state index contributed by atoms with van der Waals surface area (Å²) in [6, 6.07) is 3.25. The first kappa shape index (κ1) is 8.89. The van der Waals surface area contributed by atoms with E-state index in [2.05, 4.69) is 5.32 Å². The van der Waals surface area contributed by atoms with Crippen molar-refractivity contribution >= 4 is 22.9 Å². The highest BCUT2D eigenvalue weighted by Gasteiger charge is 2.25. The van der Waals surface area contributed by atoms with E-state index in [0.717, 1.165) is 11.8 Å². The molecule has 1 aliphatic rings. The van der Waals surface area contributed by atoms with E-state index in [1.807, 2.05) is 0 Å². The molecule has 0 saturated carbocycles. The molecule has 72 valence electrons. The lowest BCUT2D eigenvalue weighted by molar-refractivity contribution is -0.115. The Hall–Kier alpha value is -1.69. The van der Waals surface area contributed by atoms with E-state index in [1.54, 1.807) is 12.1 Å². The minimum atomic E-state index is -0.452. The van der Waals surface area contributed by atoms with E-state index in [9.17, 15) is 9.59 Å². The highest BCUT2D eigenvalue weighted by atomic mass is 32.2. The van der Waals surface area contributed by atoms with Gasteiger partial charge in [0.15, 0.2) is 0 Å². The minimum absolute atomic E-state index is 0.214. The van der Waals surface area contributed by atoms with Crippen LogP contribution in [0.15, 0.2) is 34.0 Å². The average molecular weight is 211 g/mol. The molecule has 0 aliphatic carbocycles. The fraction of sp³-hybridized carbons (Fsp3) is 0. The molecule has 2 amide bonds. The van der Waals surface area contributed by atoms with E-state index in [-0.39, 0.29) is 10.9 Å². The normalized spacial score (nSPS) is 18.7. The zero-order valence-electron chi connectivity index (χ0n) is 6.85. The van der Waals surface area contributed by atoms with Crippen molar-refractivity contribution < 1.29 is 18.7 Å². The van der Waals surface area contributed by atoms with Crippen molar-refractivity contribution in [1.29, 1.82) is 0 Å².